The lowest BCUT2D eigenvalue weighted by atomic mass is 9.96. The smallest absolute Gasteiger partial charge is 0.000946 e. The Morgan fingerprint density at radius 1 is 1.25 bits per heavy atom. The average molecular weight is 162 g/mol. The standard InChI is InChI=1S/C12H18/c1-6-7-12-10(4)8(2)9(3)11(12)5/h6,10H,1,7H2,2-5H3. The predicted octanol–water partition coefficient (Wildman–Crippen LogP) is 3.87. The molecule has 0 fully saturated rings. The third-order valence-corrected chi connectivity index (χ3v) is 3.17. The van der Waals surface area contributed by atoms with Gasteiger partial charge in [-0.25, -0.2) is 0 Å². The van der Waals surface area contributed by atoms with Crippen LogP contribution in [0.5, 0.6) is 0 Å². The van der Waals surface area contributed by atoms with Crippen molar-refractivity contribution in [2.45, 2.75) is 34.1 Å². The average Bonchev–Trinajstić information content (AvgIpc) is 2.23. The zero-order valence-corrected chi connectivity index (χ0v) is 8.57. The van der Waals surface area contributed by atoms with Crippen LogP contribution in [0.25, 0.3) is 0 Å². The summed E-state index contributed by atoms with van der Waals surface area (Å²) in [6, 6.07) is 0. The van der Waals surface area contributed by atoms with E-state index in [0.29, 0.717) is 5.92 Å². The van der Waals surface area contributed by atoms with Crippen LogP contribution in [0.3, 0.4) is 0 Å². The Bertz CT molecular complexity index is 264. The van der Waals surface area contributed by atoms with Crippen LogP contribution in [0.4, 0.5) is 0 Å². The molecule has 0 nitrogen and oxygen atoms in total. The molecule has 0 spiro atoms. The molecular formula is C12H18. The normalized spacial score (nSPS) is 23.8. The lowest BCUT2D eigenvalue weighted by Crippen LogP contribution is -1.95. The van der Waals surface area contributed by atoms with Crippen molar-refractivity contribution in [3.05, 3.63) is 34.9 Å². The molecule has 0 saturated heterocycles. The Morgan fingerprint density at radius 3 is 2.17 bits per heavy atom. The van der Waals surface area contributed by atoms with E-state index in [1.165, 1.54) is 16.7 Å². The van der Waals surface area contributed by atoms with Gasteiger partial charge in [-0.15, -0.1) is 6.58 Å². The van der Waals surface area contributed by atoms with Crippen LogP contribution in [-0.4, -0.2) is 0 Å². The molecule has 0 radical (unpaired) electrons. The first-order chi connectivity index (χ1) is 5.59. The maximum absolute atomic E-state index is 3.79. The monoisotopic (exact) mass is 162 g/mol. The minimum atomic E-state index is 0.642. The Balaban J connectivity index is 2.99. The Morgan fingerprint density at radius 2 is 1.83 bits per heavy atom. The van der Waals surface area contributed by atoms with Gasteiger partial charge in [0.05, 0.1) is 0 Å². The lowest BCUT2D eigenvalue weighted by Gasteiger charge is -2.09. The zero-order chi connectivity index (χ0) is 9.30. The predicted molar refractivity (Wildman–Crippen MR) is 55.1 cm³/mol. The summed E-state index contributed by atoms with van der Waals surface area (Å²) in [5.41, 5.74) is 6.06. The SMILES string of the molecule is C=CCC1=C(C)C(C)=C(C)C1C. The van der Waals surface area contributed by atoms with Crippen LogP contribution in [-0.2, 0) is 0 Å². The van der Waals surface area contributed by atoms with Gasteiger partial charge in [0.25, 0.3) is 0 Å². The van der Waals surface area contributed by atoms with Gasteiger partial charge in [-0.2, -0.15) is 0 Å². The number of rotatable bonds is 2. The Hall–Kier alpha value is -0.780. The van der Waals surface area contributed by atoms with Gasteiger partial charge in [-0.3, -0.25) is 0 Å². The molecule has 0 aromatic heterocycles. The van der Waals surface area contributed by atoms with Crippen LogP contribution in [0.1, 0.15) is 34.1 Å². The molecule has 12 heavy (non-hydrogen) atoms. The van der Waals surface area contributed by atoms with E-state index in [0.717, 1.165) is 6.42 Å². The molecule has 0 heterocycles. The van der Waals surface area contributed by atoms with Gasteiger partial charge >= 0.3 is 0 Å². The summed E-state index contributed by atoms with van der Waals surface area (Å²) in [7, 11) is 0. The summed E-state index contributed by atoms with van der Waals surface area (Å²) in [6.45, 7) is 12.8. The minimum Gasteiger partial charge on any atom is -0.103 e. The Labute approximate surface area is 75.7 Å². The van der Waals surface area contributed by atoms with Crippen LogP contribution < -0.4 is 0 Å². The molecule has 0 bridgehead atoms. The van der Waals surface area contributed by atoms with Gasteiger partial charge in [-0.05, 0) is 44.3 Å². The van der Waals surface area contributed by atoms with Crippen molar-refractivity contribution in [1.82, 2.24) is 0 Å². The Kier molecular flexibility index (Phi) is 2.56. The molecule has 66 valence electrons. The molecule has 1 aliphatic carbocycles. The van der Waals surface area contributed by atoms with Gasteiger partial charge in [0.15, 0.2) is 0 Å². The van der Waals surface area contributed by atoms with E-state index in [9.17, 15) is 0 Å². The van der Waals surface area contributed by atoms with Gasteiger partial charge in [0, 0.05) is 0 Å². The zero-order valence-electron chi connectivity index (χ0n) is 8.57. The quantitative estimate of drug-likeness (QED) is 0.541. The van der Waals surface area contributed by atoms with E-state index in [4.69, 9.17) is 0 Å². The lowest BCUT2D eigenvalue weighted by molar-refractivity contribution is 0.791. The molecule has 1 aliphatic rings. The van der Waals surface area contributed by atoms with E-state index in [-0.39, 0.29) is 0 Å². The first-order valence-electron chi connectivity index (χ1n) is 4.57. The van der Waals surface area contributed by atoms with Crippen molar-refractivity contribution in [2.24, 2.45) is 5.92 Å². The summed E-state index contributed by atoms with van der Waals surface area (Å²) >= 11 is 0. The van der Waals surface area contributed by atoms with Crippen LogP contribution in [0.15, 0.2) is 34.9 Å². The molecule has 1 atom stereocenters. The van der Waals surface area contributed by atoms with Crippen molar-refractivity contribution in [3.63, 3.8) is 0 Å². The molecule has 1 unspecified atom stereocenters. The van der Waals surface area contributed by atoms with E-state index in [2.05, 4.69) is 34.3 Å². The molecule has 0 N–H and O–H groups in total. The van der Waals surface area contributed by atoms with Crippen LogP contribution in [0, 0.1) is 5.92 Å². The highest BCUT2D eigenvalue weighted by molar-refractivity contribution is 5.47. The molecular weight excluding hydrogens is 144 g/mol. The van der Waals surface area contributed by atoms with Gasteiger partial charge in [-0.1, -0.05) is 24.1 Å². The van der Waals surface area contributed by atoms with E-state index < -0.39 is 0 Å². The molecule has 0 aliphatic heterocycles. The highest BCUT2D eigenvalue weighted by Crippen LogP contribution is 2.38. The van der Waals surface area contributed by atoms with Crippen molar-refractivity contribution in [3.8, 4) is 0 Å². The van der Waals surface area contributed by atoms with Gasteiger partial charge in [0.2, 0.25) is 0 Å². The summed E-state index contributed by atoms with van der Waals surface area (Å²) < 4.78 is 0. The van der Waals surface area contributed by atoms with Crippen LogP contribution in [0.2, 0.25) is 0 Å². The highest BCUT2D eigenvalue weighted by atomic mass is 14.3. The fourth-order valence-electron chi connectivity index (χ4n) is 1.93. The maximum Gasteiger partial charge on any atom is -0.000946 e. The van der Waals surface area contributed by atoms with Crippen molar-refractivity contribution < 1.29 is 0 Å². The number of allylic oxidation sites excluding steroid dienone is 5. The third-order valence-electron chi connectivity index (χ3n) is 3.17. The summed E-state index contributed by atoms with van der Waals surface area (Å²) in [6.07, 6.45) is 3.04. The van der Waals surface area contributed by atoms with Gasteiger partial charge < -0.3 is 0 Å². The topological polar surface area (TPSA) is 0 Å². The molecule has 0 heteroatoms. The molecule has 0 aromatic rings. The largest absolute Gasteiger partial charge is 0.103 e. The fraction of sp³-hybridized carbons (Fsp3) is 0.500. The first kappa shape index (κ1) is 9.31. The van der Waals surface area contributed by atoms with E-state index in [1.54, 1.807) is 5.57 Å². The molecule has 1 rings (SSSR count). The van der Waals surface area contributed by atoms with Crippen molar-refractivity contribution in [2.75, 3.05) is 0 Å². The van der Waals surface area contributed by atoms with E-state index >= 15 is 0 Å². The van der Waals surface area contributed by atoms with Crippen LogP contribution >= 0.6 is 0 Å². The fourth-order valence-corrected chi connectivity index (χ4v) is 1.93. The number of hydrogen-bond donors (Lipinski definition) is 0. The molecule has 0 aromatic carbocycles. The van der Waals surface area contributed by atoms with Gasteiger partial charge in [0.1, 0.15) is 0 Å². The second-order valence-electron chi connectivity index (χ2n) is 3.67. The summed E-state index contributed by atoms with van der Waals surface area (Å²) in [5, 5.41) is 0. The van der Waals surface area contributed by atoms with Crippen molar-refractivity contribution >= 4 is 0 Å². The summed E-state index contributed by atoms with van der Waals surface area (Å²) in [5.74, 6) is 0.642. The molecule has 0 amide bonds. The second kappa shape index (κ2) is 3.30. The highest BCUT2D eigenvalue weighted by Gasteiger charge is 2.21. The second-order valence-corrected chi connectivity index (χ2v) is 3.67. The summed E-state index contributed by atoms with van der Waals surface area (Å²) in [4.78, 5) is 0. The third kappa shape index (κ3) is 1.26. The minimum absolute atomic E-state index is 0.642. The van der Waals surface area contributed by atoms with E-state index in [1.807, 2.05) is 6.08 Å². The number of hydrogen-bond acceptors (Lipinski definition) is 0. The maximum atomic E-state index is 3.79. The van der Waals surface area contributed by atoms with Crippen molar-refractivity contribution in [1.29, 1.82) is 0 Å². The molecule has 0 saturated carbocycles. The first-order valence-corrected chi connectivity index (χ1v) is 4.57.